The molecule has 0 N–H and O–H groups in total. The molecule has 0 fully saturated rings. The minimum Gasteiger partial charge on any atom is -0.458 e. The van der Waals surface area contributed by atoms with Crippen LogP contribution in [0.4, 0.5) is 0 Å². The second-order valence-corrected chi connectivity index (χ2v) is 4.47. The third-order valence-corrected chi connectivity index (χ3v) is 2.47. The van der Waals surface area contributed by atoms with Crippen molar-refractivity contribution in [1.29, 1.82) is 0 Å². The van der Waals surface area contributed by atoms with Crippen molar-refractivity contribution in [2.45, 2.75) is 52.1 Å². The number of carbonyl (C=O) groups excluding carboxylic acids is 2. The number of rotatable bonds is 10. The smallest absolute Gasteiger partial charge is 0.333 e. The van der Waals surface area contributed by atoms with Crippen LogP contribution in [0.25, 0.3) is 0 Å². The predicted octanol–water partition coefficient (Wildman–Crippen LogP) is 2.42. The van der Waals surface area contributed by atoms with Crippen molar-refractivity contribution in [2.75, 3.05) is 13.2 Å². The number of unbranched alkanes of at least 4 members (excludes halogenated alkanes) is 3. The fourth-order valence-corrected chi connectivity index (χ4v) is 1.35. The predicted molar refractivity (Wildman–Crippen MR) is 70.0 cm³/mol. The Morgan fingerprint density at radius 1 is 1.21 bits per heavy atom. The van der Waals surface area contributed by atoms with Crippen LogP contribution in [0.2, 0.25) is 0 Å². The Bertz CT molecular complexity index is 298. The van der Waals surface area contributed by atoms with Crippen LogP contribution in [0.1, 0.15) is 46.0 Å². The van der Waals surface area contributed by atoms with Gasteiger partial charge in [-0.05, 0) is 13.3 Å². The van der Waals surface area contributed by atoms with Crippen molar-refractivity contribution < 1.29 is 24.2 Å². The molecule has 0 aliphatic carbocycles. The summed E-state index contributed by atoms with van der Waals surface area (Å²) in [5, 5.41) is 10.8. The maximum atomic E-state index is 11.4. The van der Waals surface area contributed by atoms with Crippen LogP contribution < -0.4 is 0 Å². The van der Waals surface area contributed by atoms with Gasteiger partial charge in [-0.15, -0.1) is 0 Å². The number of esters is 2. The van der Waals surface area contributed by atoms with E-state index in [-0.39, 0.29) is 12.2 Å². The zero-order valence-electron chi connectivity index (χ0n) is 11.8. The highest BCUT2D eigenvalue weighted by Crippen LogP contribution is 2.05. The summed E-state index contributed by atoms with van der Waals surface area (Å²) in [6.45, 7) is 6.18. The van der Waals surface area contributed by atoms with Gasteiger partial charge in [-0.2, -0.15) is 0 Å². The van der Waals surface area contributed by atoms with Gasteiger partial charge in [-0.25, -0.2) is 9.90 Å². The molecule has 0 aromatic rings. The van der Waals surface area contributed by atoms with Crippen LogP contribution in [-0.2, 0) is 24.2 Å². The monoisotopic (exact) mass is 271 g/mol. The Kier molecular flexibility index (Phi) is 9.80. The van der Waals surface area contributed by atoms with Crippen LogP contribution in [0.15, 0.2) is 12.2 Å². The van der Waals surface area contributed by atoms with Crippen LogP contribution in [0, 0.1) is 0 Å². The summed E-state index contributed by atoms with van der Waals surface area (Å²) in [6, 6.07) is 0. The van der Waals surface area contributed by atoms with Gasteiger partial charge in [0.25, 0.3) is 0 Å². The van der Waals surface area contributed by atoms with Crippen molar-refractivity contribution in [1.82, 2.24) is 0 Å². The Hall–Kier alpha value is -1.36. The fraction of sp³-hybridized carbons (Fsp3) is 0.714. The van der Waals surface area contributed by atoms with E-state index in [0.29, 0.717) is 6.42 Å². The van der Waals surface area contributed by atoms with E-state index in [0.717, 1.165) is 25.7 Å². The van der Waals surface area contributed by atoms with Crippen molar-refractivity contribution in [3.63, 3.8) is 0 Å². The van der Waals surface area contributed by atoms with E-state index >= 15 is 0 Å². The second-order valence-electron chi connectivity index (χ2n) is 4.47. The van der Waals surface area contributed by atoms with Crippen molar-refractivity contribution >= 4 is 11.9 Å². The molecule has 5 nitrogen and oxygen atoms in total. The van der Waals surface area contributed by atoms with Crippen LogP contribution in [0.3, 0.4) is 0 Å². The average molecular weight is 271 g/mol. The van der Waals surface area contributed by atoms with Crippen LogP contribution >= 0.6 is 0 Å². The summed E-state index contributed by atoms with van der Waals surface area (Å²) in [7, 11) is 0. The molecule has 1 atom stereocenters. The Balaban J connectivity index is 3.87. The SMILES string of the molecule is C=C(C)C(=O)OCC(C[O])OC(=O)CCCCCC. The third kappa shape index (κ3) is 9.25. The van der Waals surface area contributed by atoms with Gasteiger partial charge in [0.05, 0.1) is 0 Å². The molecule has 109 valence electrons. The largest absolute Gasteiger partial charge is 0.458 e. The van der Waals surface area contributed by atoms with Crippen molar-refractivity contribution in [3.8, 4) is 0 Å². The maximum absolute atomic E-state index is 11.4. The Labute approximate surface area is 114 Å². The molecule has 5 heteroatoms. The minimum absolute atomic E-state index is 0.212. The van der Waals surface area contributed by atoms with Crippen LogP contribution in [0.5, 0.6) is 0 Å². The van der Waals surface area contributed by atoms with Gasteiger partial charge in [-0.3, -0.25) is 4.79 Å². The quantitative estimate of drug-likeness (QED) is 0.347. The summed E-state index contributed by atoms with van der Waals surface area (Å²) in [5.74, 6) is -0.999. The van der Waals surface area contributed by atoms with Gasteiger partial charge < -0.3 is 9.47 Å². The van der Waals surface area contributed by atoms with E-state index in [1.807, 2.05) is 0 Å². The van der Waals surface area contributed by atoms with Gasteiger partial charge in [0.2, 0.25) is 0 Å². The first kappa shape index (κ1) is 17.6. The summed E-state index contributed by atoms with van der Waals surface area (Å²) in [5.41, 5.74) is 0.246. The lowest BCUT2D eigenvalue weighted by Crippen LogP contribution is -2.28. The molecule has 0 aromatic heterocycles. The molecule has 0 rings (SSSR count). The molecular formula is C14H23O5. The van der Waals surface area contributed by atoms with Crippen LogP contribution in [-0.4, -0.2) is 31.3 Å². The number of carbonyl (C=O) groups is 2. The highest BCUT2D eigenvalue weighted by molar-refractivity contribution is 5.86. The molecule has 0 aliphatic heterocycles. The number of hydrogen-bond acceptors (Lipinski definition) is 4. The lowest BCUT2D eigenvalue weighted by atomic mass is 10.1. The van der Waals surface area contributed by atoms with Gasteiger partial charge in [-0.1, -0.05) is 32.8 Å². The normalized spacial score (nSPS) is 11.7. The Morgan fingerprint density at radius 3 is 2.42 bits per heavy atom. The van der Waals surface area contributed by atoms with E-state index in [1.165, 1.54) is 6.92 Å². The highest BCUT2D eigenvalue weighted by Gasteiger charge is 2.16. The molecule has 0 aliphatic rings. The zero-order valence-corrected chi connectivity index (χ0v) is 11.8. The fourth-order valence-electron chi connectivity index (χ4n) is 1.35. The molecule has 0 saturated carbocycles. The Morgan fingerprint density at radius 2 is 1.89 bits per heavy atom. The lowest BCUT2D eigenvalue weighted by molar-refractivity contribution is -0.161. The standard InChI is InChI=1S/C14H23O5/c1-4-5-6-7-8-13(16)19-12(9-15)10-18-14(17)11(2)3/h12H,2,4-10H2,1,3H3. The molecule has 0 bridgehead atoms. The minimum atomic E-state index is -0.915. The molecule has 1 unspecified atom stereocenters. The third-order valence-electron chi connectivity index (χ3n) is 2.47. The highest BCUT2D eigenvalue weighted by atomic mass is 16.6. The first-order chi connectivity index (χ1) is 9.01. The average Bonchev–Trinajstić information content (AvgIpc) is 2.38. The summed E-state index contributed by atoms with van der Waals surface area (Å²) >= 11 is 0. The first-order valence-electron chi connectivity index (χ1n) is 6.61. The van der Waals surface area contributed by atoms with Gasteiger partial charge in [0.15, 0.2) is 6.10 Å². The second kappa shape index (κ2) is 10.6. The van der Waals surface area contributed by atoms with Crippen molar-refractivity contribution in [2.24, 2.45) is 0 Å². The van der Waals surface area contributed by atoms with E-state index in [4.69, 9.17) is 9.47 Å². The van der Waals surface area contributed by atoms with E-state index in [9.17, 15) is 14.7 Å². The zero-order chi connectivity index (χ0) is 14.7. The molecule has 0 spiro atoms. The molecule has 0 aromatic carbocycles. The number of ether oxygens (including phenoxy) is 2. The van der Waals surface area contributed by atoms with E-state index in [1.54, 1.807) is 0 Å². The van der Waals surface area contributed by atoms with E-state index in [2.05, 4.69) is 13.5 Å². The lowest BCUT2D eigenvalue weighted by Gasteiger charge is -2.15. The van der Waals surface area contributed by atoms with Crippen molar-refractivity contribution in [3.05, 3.63) is 12.2 Å². The molecule has 0 heterocycles. The van der Waals surface area contributed by atoms with E-state index < -0.39 is 24.6 Å². The molecule has 19 heavy (non-hydrogen) atoms. The topological polar surface area (TPSA) is 72.5 Å². The number of hydrogen-bond donors (Lipinski definition) is 0. The van der Waals surface area contributed by atoms with Gasteiger partial charge in [0.1, 0.15) is 13.2 Å². The van der Waals surface area contributed by atoms with Gasteiger partial charge in [0, 0.05) is 12.0 Å². The molecular weight excluding hydrogens is 248 g/mol. The molecule has 0 saturated heterocycles. The summed E-state index contributed by atoms with van der Waals surface area (Å²) < 4.78 is 9.74. The summed E-state index contributed by atoms with van der Waals surface area (Å²) in [4.78, 5) is 22.6. The summed E-state index contributed by atoms with van der Waals surface area (Å²) in [6.07, 6.45) is 3.28. The maximum Gasteiger partial charge on any atom is 0.333 e. The first-order valence-corrected chi connectivity index (χ1v) is 6.61. The molecule has 1 radical (unpaired) electrons. The van der Waals surface area contributed by atoms with Gasteiger partial charge >= 0.3 is 11.9 Å². The molecule has 0 amide bonds.